The van der Waals surface area contributed by atoms with E-state index in [-0.39, 0.29) is 18.7 Å². The molecule has 4 aromatic rings. The van der Waals surface area contributed by atoms with Crippen LogP contribution in [0.5, 0.6) is 0 Å². The van der Waals surface area contributed by atoms with Gasteiger partial charge in [0.15, 0.2) is 5.78 Å². The highest BCUT2D eigenvalue weighted by atomic mass is 32.2. The van der Waals surface area contributed by atoms with Crippen molar-refractivity contribution < 1.29 is 13.2 Å². The van der Waals surface area contributed by atoms with Gasteiger partial charge in [0.05, 0.1) is 28.7 Å². The molecule has 7 heteroatoms. The van der Waals surface area contributed by atoms with E-state index in [2.05, 4.69) is 18.2 Å². The molecule has 0 spiro atoms. The highest BCUT2D eigenvalue weighted by Gasteiger charge is 2.20. The predicted molar refractivity (Wildman–Crippen MR) is 127 cm³/mol. The fourth-order valence-electron chi connectivity index (χ4n) is 3.36. The zero-order valence-corrected chi connectivity index (χ0v) is 18.9. The van der Waals surface area contributed by atoms with Crippen molar-refractivity contribution in [3.63, 3.8) is 0 Å². The number of hydrogen-bond donors (Lipinski definition) is 0. The normalized spacial score (nSPS) is 11.5. The first-order chi connectivity index (χ1) is 14.8. The molecule has 31 heavy (non-hydrogen) atoms. The summed E-state index contributed by atoms with van der Waals surface area (Å²) >= 11 is 1.64. The number of benzene rings is 3. The Morgan fingerprint density at radius 3 is 2.39 bits per heavy atom. The largest absolute Gasteiger partial charge is 0.297 e. The van der Waals surface area contributed by atoms with Crippen molar-refractivity contribution in [2.45, 2.75) is 13.3 Å². The molecule has 0 aliphatic heterocycles. The summed E-state index contributed by atoms with van der Waals surface area (Å²) in [7, 11) is -3.56. The van der Waals surface area contributed by atoms with Crippen LogP contribution in [0.4, 0.5) is 5.69 Å². The standard InChI is InChI=1S/C24H22N2O3S2/c1-17-8-13-23-22(14-17)25-24(30-23)19-11-9-18(10-12-19)15-21(27)16-26(31(2,28)29)20-6-4-3-5-7-20/h3-14H,15-16H2,1-2H3. The molecule has 158 valence electrons. The molecule has 1 heterocycles. The van der Waals surface area contributed by atoms with Crippen molar-refractivity contribution in [2.24, 2.45) is 0 Å². The average Bonchev–Trinajstić information content (AvgIpc) is 3.15. The van der Waals surface area contributed by atoms with Gasteiger partial charge in [-0.2, -0.15) is 0 Å². The maximum absolute atomic E-state index is 12.6. The Labute approximate surface area is 186 Å². The summed E-state index contributed by atoms with van der Waals surface area (Å²) in [6.07, 6.45) is 1.28. The maximum Gasteiger partial charge on any atom is 0.232 e. The van der Waals surface area contributed by atoms with Gasteiger partial charge in [0, 0.05) is 12.0 Å². The van der Waals surface area contributed by atoms with Crippen molar-refractivity contribution in [1.29, 1.82) is 0 Å². The van der Waals surface area contributed by atoms with Crippen LogP contribution >= 0.6 is 11.3 Å². The van der Waals surface area contributed by atoms with Gasteiger partial charge in [-0.3, -0.25) is 9.10 Å². The van der Waals surface area contributed by atoms with Crippen LogP contribution in [-0.2, 0) is 21.2 Å². The lowest BCUT2D eigenvalue weighted by molar-refractivity contribution is -0.117. The Balaban J connectivity index is 1.48. The van der Waals surface area contributed by atoms with E-state index < -0.39 is 10.0 Å². The van der Waals surface area contributed by atoms with E-state index in [0.717, 1.165) is 36.9 Å². The van der Waals surface area contributed by atoms with Crippen LogP contribution in [0.15, 0.2) is 72.8 Å². The van der Waals surface area contributed by atoms with Gasteiger partial charge >= 0.3 is 0 Å². The molecule has 0 N–H and O–H groups in total. The molecule has 4 rings (SSSR count). The molecule has 3 aromatic carbocycles. The molecule has 0 aliphatic carbocycles. The molecule has 0 unspecified atom stereocenters. The number of anilines is 1. The van der Waals surface area contributed by atoms with E-state index in [1.54, 1.807) is 41.7 Å². The van der Waals surface area contributed by atoms with Gasteiger partial charge in [0.2, 0.25) is 10.0 Å². The highest BCUT2D eigenvalue weighted by Crippen LogP contribution is 2.30. The molecule has 0 atom stereocenters. The third-order valence-electron chi connectivity index (χ3n) is 4.91. The van der Waals surface area contributed by atoms with Crippen molar-refractivity contribution in [2.75, 3.05) is 17.1 Å². The summed E-state index contributed by atoms with van der Waals surface area (Å²) in [5.41, 5.74) is 4.49. The summed E-state index contributed by atoms with van der Waals surface area (Å²) < 4.78 is 26.7. The van der Waals surface area contributed by atoms with Gasteiger partial charge in [0.25, 0.3) is 0 Å². The van der Waals surface area contributed by atoms with Crippen LogP contribution < -0.4 is 4.31 Å². The lowest BCUT2D eigenvalue weighted by Gasteiger charge is -2.21. The number of aromatic nitrogens is 1. The third kappa shape index (κ3) is 5.00. The third-order valence-corrected chi connectivity index (χ3v) is 7.14. The number of rotatable bonds is 7. The van der Waals surface area contributed by atoms with E-state index in [9.17, 15) is 13.2 Å². The minimum Gasteiger partial charge on any atom is -0.297 e. The number of nitrogens with zero attached hydrogens (tertiary/aromatic N) is 2. The first-order valence-electron chi connectivity index (χ1n) is 9.80. The van der Waals surface area contributed by atoms with Crippen molar-refractivity contribution in [3.05, 3.63) is 83.9 Å². The Bertz CT molecular complexity index is 1330. The highest BCUT2D eigenvalue weighted by molar-refractivity contribution is 7.92. The molecule has 0 fully saturated rings. The fourth-order valence-corrected chi connectivity index (χ4v) is 5.20. The lowest BCUT2D eigenvalue weighted by atomic mass is 10.1. The minimum atomic E-state index is -3.56. The Hall–Kier alpha value is -3.03. The van der Waals surface area contributed by atoms with Gasteiger partial charge < -0.3 is 0 Å². The van der Waals surface area contributed by atoms with Crippen molar-refractivity contribution in [3.8, 4) is 10.6 Å². The summed E-state index contributed by atoms with van der Waals surface area (Å²) in [5, 5.41) is 0.936. The number of hydrogen-bond acceptors (Lipinski definition) is 5. The second-order valence-corrected chi connectivity index (χ2v) is 10.4. The van der Waals surface area contributed by atoms with E-state index in [1.165, 1.54) is 5.56 Å². The van der Waals surface area contributed by atoms with E-state index in [1.807, 2.05) is 31.2 Å². The number of fused-ring (bicyclic) bond motifs is 1. The molecule has 1 aromatic heterocycles. The van der Waals surface area contributed by atoms with Crippen LogP contribution in [0.1, 0.15) is 11.1 Å². The number of Topliss-reactive ketones (excluding diaryl/α,β-unsaturated/α-hetero) is 1. The zero-order chi connectivity index (χ0) is 22.0. The van der Waals surface area contributed by atoms with Crippen molar-refractivity contribution in [1.82, 2.24) is 4.98 Å². The maximum atomic E-state index is 12.6. The Morgan fingerprint density at radius 1 is 1.00 bits per heavy atom. The number of aryl methyl sites for hydroxylation is 1. The minimum absolute atomic E-state index is 0.165. The van der Waals surface area contributed by atoms with Crippen LogP contribution in [0.25, 0.3) is 20.8 Å². The molecular weight excluding hydrogens is 428 g/mol. The van der Waals surface area contributed by atoms with Gasteiger partial charge in [-0.15, -0.1) is 11.3 Å². The topological polar surface area (TPSA) is 67.3 Å². The SMILES string of the molecule is Cc1ccc2sc(-c3ccc(CC(=O)CN(c4ccccc4)S(C)(=O)=O)cc3)nc2c1. The number of thiazole rings is 1. The van der Waals surface area contributed by atoms with Gasteiger partial charge in [-0.1, -0.05) is 48.5 Å². The van der Waals surface area contributed by atoms with Crippen molar-refractivity contribution >= 4 is 43.0 Å². The number of carbonyl (C=O) groups excluding carboxylic acids is 1. The quantitative estimate of drug-likeness (QED) is 0.404. The second-order valence-electron chi connectivity index (χ2n) is 7.51. The molecule has 0 aliphatic rings. The van der Waals surface area contributed by atoms with E-state index in [0.29, 0.717) is 5.69 Å². The molecule has 0 saturated heterocycles. The van der Waals surface area contributed by atoms with Crippen LogP contribution in [0.3, 0.4) is 0 Å². The molecule has 0 saturated carbocycles. The van der Waals surface area contributed by atoms with Crippen LogP contribution in [0.2, 0.25) is 0 Å². The Kier molecular flexibility index (Phi) is 5.89. The van der Waals surface area contributed by atoms with Gasteiger partial charge in [-0.25, -0.2) is 13.4 Å². The first-order valence-corrected chi connectivity index (χ1v) is 12.5. The van der Waals surface area contributed by atoms with Gasteiger partial charge in [-0.05, 0) is 42.3 Å². The first kappa shape index (κ1) is 21.2. The molecule has 0 amide bonds. The Morgan fingerprint density at radius 2 is 1.71 bits per heavy atom. The summed E-state index contributed by atoms with van der Waals surface area (Å²) in [6, 6.07) is 22.6. The number of sulfonamides is 1. The second kappa shape index (κ2) is 8.61. The predicted octanol–water partition coefficient (Wildman–Crippen LogP) is 4.85. The molecule has 5 nitrogen and oxygen atoms in total. The monoisotopic (exact) mass is 450 g/mol. The number of para-hydroxylation sites is 1. The molecular formula is C24H22N2O3S2. The van der Waals surface area contributed by atoms with E-state index >= 15 is 0 Å². The van der Waals surface area contributed by atoms with E-state index in [4.69, 9.17) is 4.98 Å². The zero-order valence-electron chi connectivity index (χ0n) is 17.3. The number of carbonyl (C=O) groups is 1. The number of ketones is 1. The summed E-state index contributed by atoms with van der Waals surface area (Å²) in [5.74, 6) is -0.169. The molecule has 0 radical (unpaired) electrons. The summed E-state index contributed by atoms with van der Waals surface area (Å²) in [6.45, 7) is 1.86. The van der Waals surface area contributed by atoms with Gasteiger partial charge in [0.1, 0.15) is 5.01 Å². The lowest BCUT2D eigenvalue weighted by Crippen LogP contribution is -2.35. The van der Waals surface area contributed by atoms with Crippen LogP contribution in [-0.4, -0.2) is 32.0 Å². The molecule has 0 bridgehead atoms. The summed E-state index contributed by atoms with van der Waals surface area (Å²) in [4.78, 5) is 17.3. The average molecular weight is 451 g/mol. The van der Waals surface area contributed by atoms with Crippen LogP contribution in [0, 0.1) is 6.92 Å². The smallest absolute Gasteiger partial charge is 0.232 e. The fraction of sp³-hybridized carbons (Fsp3) is 0.167.